The standard InChI is InChI=1S/C12H8F3NO2S2/c1-18-11(19)20-6-2-3-9-7(4-6)8(12(13,14)15)5-10(17)16-9/h2-5H,1H3,(H,16,17). The van der Waals surface area contributed by atoms with Gasteiger partial charge in [0.1, 0.15) is 0 Å². The molecule has 0 saturated carbocycles. The average Bonchev–Trinajstić information content (AvgIpc) is 2.37. The largest absolute Gasteiger partial charge is 0.482 e. The predicted molar refractivity (Wildman–Crippen MR) is 75.0 cm³/mol. The maximum Gasteiger partial charge on any atom is 0.417 e. The van der Waals surface area contributed by atoms with Crippen molar-refractivity contribution in [3.05, 3.63) is 40.2 Å². The van der Waals surface area contributed by atoms with Crippen LogP contribution in [0.15, 0.2) is 34.0 Å². The first-order valence-corrected chi connectivity index (χ1v) is 6.54. The highest BCUT2D eigenvalue weighted by Gasteiger charge is 2.33. The Labute approximate surface area is 121 Å². The van der Waals surface area contributed by atoms with Crippen LogP contribution in [0.2, 0.25) is 0 Å². The van der Waals surface area contributed by atoms with E-state index in [1.54, 1.807) is 6.07 Å². The molecule has 2 rings (SSSR count). The van der Waals surface area contributed by atoms with Crippen molar-refractivity contribution in [1.82, 2.24) is 4.98 Å². The number of hydrogen-bond acceptors (Lipinski definition) is 4. The SMILES string of the molecule is COC(=S)Sc1ccc2[nH]c(=O)cc(C(F)(F)F)c2c1. The summed E-state index contributed by atoms with van der Waals surface area (Å²) < 4.78 is 43.8. The van der Waals surface area contributed by atoms with E-state index in [0.29, 0.717) is 11.0 Å². The van der Waals surface area contributed by atoms with Crippen molar-refractivity contribution in [1.29, 1.82) is 0 Å². The van der Waals surface area contributed by atoms with Crippen LogP contribution in [-0.4, -0.2) is 16.5 Å². The Bertz CT molecular complexity index is 725. The van der Waals surface area contributed by atoms with E-state index in [4.69, 9.17) is 17.0 Å². The van der Waals surface area contributed by atoms with Gasteiger partial charge in [0, 0.05) is 21.9 Å². The molecular formula is C12H8F3NO2S2. The first kappa shape index (κ1) is 14.9. The Morgan fingerprint density at radius 3 is 2.65 bits per heavy atom. The van der Waals surface area contributed by atoms with Crippen molar-refractivity contribution in [2.75, 3.05) is 7.11 Å². The van der Waals surface area contributed by atoms with Crippen LogP contribution in [-0.2, 0) is 10.9 Å². The normalized spacial score (nSPS) is 11.6. The number of ether oxygens (including phenoxy) is 1. The van der Waals surface area contributed by atoms with E-state index in [-0.39, 0.29) is 15.3 Å². The molecule has 0 aliphatic carbocycles. The van der Waals surface area contributed by atoms with Crippen molar-refractivity contribution in [2.45, 2.75) is 11.1 Å². The number of aromatic nitrogens is 1. The van der Waals surface area contributed by atoms with Gasteiger partial charge in [-0.3, -0.25) is 4.79 Å². The van der Waals surface area contributed by atoms with Gasteiger partial charge in [0.05, 0.1) is 12.7 Å². The van der Waals surface area contributed by atoms with Gasteiger partial charge in [0.15, 0.2) is 0 Å². The molecule has 0 aliphatic rings. The Morgan fingerprint density at radius 1 is 1.35 bits per heavy atom. The quantitative estimate of drug-likeness (QED) is 0.644. The van der Waals surface area contributed by atoms with Gasteiger partial charge in [-0.25, -0.2) is 0 Å². The van der Waals surface area contributed by atoms with Gasteiger partial charge < -0.3 is 9.72 Å². The number of methoxy groups -OCH3 is 1. The maximum absolute atomic E-state index is 12.9. The maximum atomic E-state index is 12.9. The molecule has 1 aromatic carbocycles. The number of halogens is 3. The number of hydrogen-bond donors (Lipinski definition) is 1. The zero-order valence-electron chi connectivity index (χ0n) is 10.1. The van der Waals surface area contributed by atoms with Crippen LogP contribution in [0.1, 0.15) is 5.56 Å². The number of thioether (sulfide) groups is 1. The topological polar surface area (TPSA) is 42.1 Å². The van der Waals surface area contributed by atoms with E-state index in [1.807, 2.05) is 0 Å². The third-order valence-corrected chi connectivity index (χ3v) is 3.73. The molecule has 0 aliphatic heterocycles. The van der Waals surface area contributed by atoms with Gasteiger partial charge in [0.25, 0.3) is 0 Å². The lowest BCUT2D eigenvalue weighted by atomic mass is 10.1. The van der Waals surface area contributed by atoms with Crippen LogP contribution in [0.5, 0.6) is 0 Å². The van der Waals surface area contributed by atoms with Crippen molar-refractivity contribution >= 4 is 39.3 Å². The molecule has 1 N–H and O–H groups in total. The highest BCUT2D eigenvalue weighted by atomic mass is 32.2. The van der Waals surface area contributed by atoms with Crippen molar-refractivity contribution in [3.8, 4) is 0 Å². The molecule has 20 heavy (non-hydrogen) atoms. The lowest BCUT2D eigenvalue weighted by Crippen LogP contribution is -2.13. The van der Waals surface area contributed by atoms with Crippen molar-refractivity contribution < 1.29 is 17.9 Å². The summed E-state index contributed by atoms with van der Waals surface area (Å²) in [4.78, 5) is 14.1. The zero-order chi connectivity index (χ0) is 14.9. The van der Waals surface area contributed by atoms with Crippen molar-refractivity contribution in [3.63, 3.8) is 0 Å². The molecule has 0 spiro atoms. The van der Waals surface area contributed by atoms with E-state index in [9.17, 15) is 18.0 Å². The minimum atomic E-state index is -4.60. The summed E-state index contributed by atoms with van der Waals surface area (Å²) in [5, 5.41) is -0.0824. The molecule has 3 nitrogen and oxygen atoms in total. The van der Waals surface area contributed by atoms with Crippen LogP contribution in [0, 0.1) is 0 Å². The number of aromatic amines is 1. The molecule has 0 saturated heterocycles. The van der Waals surface area contributed by atoms with Gasteiger partial charge in [-0.1, -0.05) is 0 Å². The zero-order valence-corrected chi connectivity index (χ0v) is 11.7. The molecule has 106 valence electrons. The number of nitrogens with one attached hydrogen (secondary N) is 1. The molecule has 1 heterocycles. The van der Waals surface area contributed by atoms with Crippen LogP contribution >= 0.6 is 24.0 Å². The second kappa shape index (κ2) is 5.45. The van der Waals surface area contributed by atoms with E-state index >= 15 is 0 Å². The number of rotatable bonds is 1. The average molecular weight is 319 g/mol. The number of H-pyrrole nitrogens is 1. The van der Waals surface area contributed by atoms with Crippen molar-refractivity contribution in [2.24, 2.45) is 0 Å². The minimum Gasteiger partial charge on any atom is -0.482 e. The van der Waals surface area contributed by atoms with Crippen LogP contribution in [0.4, 0.5) is 13.2 Å². The fourth-order valence-electron chi connectivity index (χ4n) is 1.67. The summed E-state index contributed by atoms with van der Waals surface area (Å²) in [6, 6.07) is 4.84. The number of alkyl halides is 3. The van der Waals surface area contributed by atoms with E-state index < -0.39 is 17.3 Å². The summed E-state index contributed by atoms with van der Waals surface area (Å²) >= 11 is 5.88. The molecule has 0 atom stereocenters. The first-order chi connectivity index (χ1) is 9.31. The smallest absolute Gasteiger partial charge is 0.417 e. The lowest BCUT2D eigenvalue weighted by molar-refractivity contribution is -0.136. The summed E-state index contributed by atoms with van der Waals surface area (Å²) in [5.74, 6) is 0. The second-order valence-corrected chi connectivity index (χ2v) is 5.48. The summed E-state index contributed by atoms with van der Waals surface area (Å²) in [7, 11) is 1.38. The Kier molecular flexibility index (Phi) is 4.05. The van der Waals surface area contributed by atoms with Crippen LogP contribution < -0.4 is 5.56 Å². The number of pyridine rings is 1. The van der Waals surface area contributed by atoms with Crippen LogP contribution in [0.3, 0.4) is 0 Å². The van der Waals surface area contributed by atoms with E-state index in [1.165, 1.54) is 19.2 Å². The first-order valence-electron chi connectivity index (χ1n) is 5.31. The summed E-state index contributed by atoms with van der Waals surface area (Å²) in [6.07, 6.45) is -4.60. The molecule has 0 fully saturated rings. The third-order valence-electron chi connectivity index (χ3n) is 2.49. The third kappa shape index (κ3) is 3.13. The fourth-order valence-corrected chi connectivity index (χ4v) is 2.55. The van der Waals surface area contributed by atoms with Gasteiger partial charge >= 0.3 is 6.18 Å². The Morgan fingerprint density at radius 2 is 2.05 bits per heavy atom. The molecule has 0 amide bonds. The van der Waals surface area contributed by atoms with Gasteiger partial charge in [0.2, 0.25) is 9.94 Å². The Balaban J connectivity index is 2.63. The highest BCUT2D eigenvalue weighted by molar-refractivity contribution is 8.22. The van der Waals surface area contributed by atoms with Gasteiger partial charge in [-0.05, 0) is 42.2 Å². The highest BCUT2D eigenvalue weighted by Crippen LogP contribution is 2.35. The van der Waals surface area contributed by atoms with E-state index in [2.05, 4.69) is 4.98 Å². The molecule has 0 radical (unpaired) electrons. The molecular weight excluding hydrogens is 311 g/mol. The van der Waals surface area contributed by atoms with Gasteiger partial charge in [-0.2, -0.15) is 13.2 Å². The number of thiocarbonyl (C=S) groups is 1. The summed E-state index contributed by atoms with van der Waals surface area (Å²) in [5.41, 5.74) is -1.64. The molecule has 8 heteroatoms. The predicted octanol–water partition coefficient (Wildman–Crippen LogP) is 3.57. The lowest BCUT2D eigenvalue weighted by Gasteiger charge is -2.11. The molecule has 0 bridgehead atoms. The molecule has 2 aromatic rings. The Hall–Kier alpha value is -1.54. The number of fused-ring (bicyclic) bond motifs is 1. The van der Waals surface area contributed by atoms with E-state index in [0.717, 1.165) is 11.8 Å². The molecule has 1 aromatic heterocycles. The monoisotopic (exact) mass is 319 g/mol. The fraction of sp³-hybridized carbons (Fsp3) is 0.167. The van der Waals surface area contributed by atoms with Crippen LogP contribution in [0.25, 0.3) is 10.9 Å². The second-order valence-electron chi connectivity index (χ2n) is 3.81. The number of benzene rings is 1. The molecule has 0 unspecified atom stereocenters. The minimum absolute atomic E-state index is 0.0824. The summed E-state index contributed by atoms with van der Waals surface area (Å²) in [6.45, 7) is 0. The van der Waals surface area contributed by atoms with Gasteiger partial charge in [-0.15, -0.1) is 0 Å².